The minimum absolute atomic E-state index is 0.227. The molecule has 0 fully saturated rings. The summed E-state index contributed by atoms with van der Waals surface area (Å²) in [7, 11) is 0. The van der Waals surface area contributed by atoms with E-state index in [9.17, 15) is 13.2 Å². The lowest BCUT2D eigenvalue weighted by Gasteiger charge is -2.26. The average Bonchev–Trinajstić information content (AvgIpc) is 2.33. The summed E-state index contributed by atoms with van der Waals surface area (Å²) in [4.78, 5) is 4.36. The van der Waals surface area contributed by atoms with Crippen molar-refractivity contribution < 1.29 is 13.2 Å². The number of hydrogen-bond acceptors (Lipinski definition) is 3. The lowest BCUT2D eigenvalue weighted by Crippen LogP contribution is -2.22. The Morgan fingerprint density at radius 3 is 2.00 bits per heavy atom. The molecule has 6 heteroatoms. The van der Waals surface area contributed by atoms with Crippen LogP contribution >= 0.6 is 0 Å². The summed E-state index contributed by atoms with van der Waals surface area (Å²) >= 11 is 0. The highest BCUT2D eigenvalue weighted by Crippen LogP contribution is 2.43. The smallest absolute Gasteiger partial charge is 0.369 e. The van der Waals surface area contributed by atoms with Crippen molar-refractivity contribution in [1.82, 2.24) is 4.98 Å². The third-order valence-corrected chi connectivity index (χ3v) is 3.34. The molecule has 1 aromatic heterocycles. The van der Waals surface area contributed by atoms with Crippen molar-refractivity contribution in [2.24, 2.45) is 5.73 Å². The fourth-order valence-corrected chi connectivity index (χ4v) is 2.63. The first-order valence-corrected chi connectivity index (χ1v) is 7.16. The monoisotopic (exact) mass is 303 g/mol. The molecule has 120 valence electrons. The predicted octanol–water partition coefficient (Wildman–Crippen LogP) is 4.03. The Bertz CT molecular complexity index is 494. The van der Waals surface area contributed by atoms with Gasteiger partial charge in [0.05, 0.1) is 5.56 Å². The van der Waals surface area contributed by atoms with E-state index in [1.807, 2.05) is 0 Å². The van der Waals surface area contributed by atoms with Crippen LogP contribution in [-0.2, 0) is 6.18 Å². The molecule has 1 aromatic rings. The van der Waals surface area contributed by atoms with Gasteiger partial charge in [-0.1, -0.05) is 27.7 Å². The standard InChI is InChI=1S/C15H24F3N3/c1-8(2)11-10(5)21-14(20-7-6-19)12(9(3)4)13(11)15(16,17)18/h8-9H,6-7,19H2,1-5H3,(H,20,21). The Kier molecular flexibility index (Phi) is 5.61. The van der Waals surface area contributed by atoms with Crippen molar-refractivity contribution in [3.05, 3.63) is 22.4 Å². The van der Waals surface area contributed by atoms with E-state index in [-0.39, 0.29) is 23.0 Å². The molecule has 0 aliphatic heterocycles. The van der Waals surface area contributed by atoms with Gasteiger partial charge in [0, 0.05) is 24.3 Å². The predicted molar refractivity (Wildman–Crippen MR) is 79.7 cm³/mol. The second-order valence-corrected chi connectivity index (χ2v) is 5.77. The largest absolute Gasteiger partial charge is 0.417 e. The molecule has 0 atom stereocenters. The third kappa shape index (κ3) is 3.87. The van der Waals surface area contributed by atoms with Crippen LogP contribution in [0.2, 0.25) is 0 Å². The zero-order valence-electron chi connectivity index (χ0n) is 13.2. The zero-order valence-corrected chi connectivity index (χ0v) is 13.2. The van der Waals surface area contributed by atoms with Crippen molar-refractivity contribution in [3.8, 4) is 0 Å². The summed E-state index contributed by atoms with van der Waals surface area (Å²) in [5.41, 5.74) is 5.81. The summed E-state index contributed by atoms with van der Waals surface area (Å²) in [5, 5.41) is 2.93. The number of halogens is 3. The van der Waals surface area contributed by atoms with Gasteiger partial charge in [-0.05, 0) is 24.3 Å². The number of nitrogens with two attached hydrogens (primary N) is 1. The number of aryl methyl sites for hydroxylation is 1. The first-order chi connectivity index (χ1) is 9.61. The van der Waals surface area contributed by atoms with E-state index in [0.717, 1.165) is 0 Å². The molecule has 3 nitrogen and oxygen atoms in total. The number of nitrogens with one attached hydrogen (secondary N) is 1. The second-order valence-electron chi connectivity index (χ2n) is 5.77. The third-order valence-electron chi connectivity index (χ3n) is 3.34. The van der Waals surface area contributed by atoms with Gasteiger partial charge in [-0.15, -0.1) is 0 Å². The number of pyridine rings is 1. The van der Waals surface area contributed by atoms with E-state index >= 15 is 0 Å². The molecule has 0 aliphatic carbocycles. The molecule has 3 N–H and O–H groups in total. The van der Waals surface area contributed by atoms with Crippen LogP contribution in [0.15, 0.2) is 0 Å². The molecule has 0 unspecified atom stereocenters. The Morgan fingerprint density at radius 1 is 1.10 bits per heavy atom. The average molecular weight is 303 g/mol. The van der Waals surface area contributed by atoms with Gasteiger partial charge in [-0.25, -0.2) is 4.98 Å². The molecular formula is C15H24F3N3. The molecule has 1 rings (SSSR count). The van der Waals surface area contributed by atoms with Crippen LogP contribution in [0.25, 0.3) is 0 Å². The molecule has 0 radical (unpaired) electrons. The quantitative estimate of drug-likeness (QED) is 0.863. The van der Waals surface area contributed by atoms with Gasteiger partial charge in [0.2, 0.25) is 0 Å². The Hall–Kier alpha value is -1.30. The molecular weight excluding hydrogens is 279 g/mol. The molecule has 0 saturated heterocycles. The molecule has 0 amide bonds. The van der Waals surface area contributed by atoms with E-state index < -0.39 is 11.7 Å². The Morgan fingerprint density at radius 2 is 1.62 bits per heavy atom. The topological polar surface area (TPSA) is 50.9 Å². The van der Waals surface area contributed by atoms with Gasteiger partial charge in [-0.2, -0.15) is 13.2 Å². The minimum Gasteiger partial charge on any atom is -0.369 e. The first kappa shape index (κ1) is 17.8. The van der Waals surface area contributed by atoms with Gasteiger partial charge < -0.3 is 11.1 Å². The molecule has 21 heavy (non-hydrogen) atoms. The normalized spacial score (nSPS) is 12.3. The highest BCUT2D eigenvalue weighted by atomic mass is 19.4. The number of anilines is 1. The maximum absolute atomic E-state index is 13.6. The summed E-state index contributed by atoms with van der Waals surface area (Å²) in [5.74, 6) is -0.229. The lowest BCUT2D eigenvalue weighted by molar-refractivity contribution is -0.139. The van der Waals surface area contributed by atoms with E-state index in [0.29, 0.717) is 24.6 Å². The number of alkyl halides is 3. The molecule has 0 aromatic carbocycles. The fourth-order valence-electron chi connectivity index (χ4n) is 2.63. The molecule has 0 aliphatic rings. The highest BCUT2D eigenvalue weighted by Gasteiger charge is 2.39. The first-order valence-electron chi connectivity index (χ1n) is 7.16. The van der Waals surface area contributed by atoms with Crippen LogP contribution in [0.1, 0.15) is 61.9 Å². The van der Waals surface area contributed by atoms with Crippen molar-refractivity contribution >= 4 is 5.82 Å². The van der Waals surface area contributed by atoms with Crippen molar-refractivity contribution in [2.45, 2.75) is 52.6 Å². The number of aromatic nitrogens is 1. The summed E-state index contributed by atoms with van der Waals surface area (Å²) in [6.07, 6.45) is -4.40. The van der Waals surface area contributed by atoms with Gasteiger partial charge in [0.15, 0.2) is 0 Å². The molecule has 0 spiro atoms. The van der Waals surface area contributed by atoms with E-state index in [2.05, 4.69) is 10.3 Å². The van der Waals surface area contributed by atoms with Crippen LogP contribution in [-0.4, -0.2) is 18.1 Å². The van der Waals surface area contributed by atoms with E-state index in [4.69, 9.17) is 5.73 Å². The minimum atomic E-state index is -4.40. The van der Waals surface area contributed by atoms with E-state index in [1.165, 1.54) is 0 Å². The fraction of sp³-hybridized carbons (Fsp3) is 0.667. The lowest BCUT2D eigenvalue weighted by atomic mass is 9.87. The summed E-state index contributed by atoms with van der Waals surface area (Å²) < 4.78 is 40.9. The maximum atomic E-state index is 13.6. The zero-order chi connectivity index (χ0) is 16.4. The van der Waals surface area contributed by atoms with Crippen molar-refractivity contribution in [3.63, 3.8) is 0 Å². The second kappa shape index (κ2) is 6.64. The van der Waals surface area contributed by atoms with Crippen molar-refractivity contribution in [1.29, 1.82) is 0 Å². The van der Waals surface area contributed by atoms with Crippen LogP contribution in [0, 0.1) is 6.92 Å². The van der Waals surface area contributed by atoms with Gasteiger partial charge >= 0.3 is 6.18 Å². The molecule has 0 saturated carbocycles. The van der Waals surface area contributed by atoms with Crippen LogP contribution in [0.5, 0.6) is 0 Å². The summed E-state index contributed by atoms with van der Waals surface area (Å²) in [6.45, 7) is 9.38. The van der Waals surface area contributed by atoms with Crippen LogP contribution in [0.4, 0.5) is 19.0 Å². The van der Waals surface area contributed by atoms with Gasteiger partial charge in [0.25, 0.3) is 0 Å². The van der Waals surface area contributed by atoms with Crippen LogP contribution < -0.4 is 11.1 Å². The molecule has 0 bridgehead atoms. The van der Waals surface area contributed by atoms with Gasteiger partial charge in [0.1, 0.15) is 5.82 Å². The highest BCUT2D eigenvalue weighted by molar-refractivity contribution is 5.56. The number of rotatable bonds is 5. The Labute approximate surface area is 124 Å². The number of nitrogens with zero attached hydrogens (tertiary/aromatic N) is 1. The number of hydrogen-bond donors (Lipinski definition) is 2. The van der Waals surface area contributed by atoms with E-state index in [1.54, 1.807) is 34.6 Å². The Balaban J connectivity index is 3.69. The molecule has 1 heterocycles. The summed E-state index contributed by atoms with van der Waals surface area (Å²) in [6, 6.07) is 0. The maximum Gasteiger partial charge on any atom is 0.417 e. The SMILES string of the molecule is Cc1nc(NCCN)c(C(C)C)c(C(F)(F)F)c1C(C)C. The van der Waals surface area contributed by atoms with Gasteiger partial charge in [-0.3, -0.25) is 0 Å². The van der Waals surface area contributed by atoms with Crippen molar-refractivity contribution in [2.75, 3.05) is 18.4 Å². The van der Waals surface area contributed by atoms with Crippen LogP contribution in [0.3, 0.4) is 0 Å².